The van der Waals surface area contributed by atoms with Gasteiger partial charge in [0.2, 0.25) is 0 Å². The Morgan fingerprint density at radius 1 is 0.500 bits per heavy atom. The summed E-state index contributed by atoms with van der Waals surface area (Å²) in [6, 6.07) is 22.6. The highest BCUT2D eigenvalue weighted by Gasteiger charge is 2.46. The van der Waals surface area contributed by atoms with Crippen molar-refractivity contribution in [2.45, 2.75) is 64.2 Å². The molecule has 8 rings (SSSR count). The van der Waals surface area contributed by atoms with E-state index < -0.39 is 0 Å². The molecule has 194 valence electrons. The van der Waals surface area contributed by atoms with Crippen molar-refractivity contribution in [3.05, 3.63) is 71.8 Å². The molecule has 2 nitrogen and oxygen atoms in total. The third kappa shape index (κ3) is 5.60. The fourth-order valence-corrected chi connectivity index (χ4v) is 9.05. The maximum Gasteiger partial charge on any atom is 0.0821 e. The lowest BCUT2D eigenvalue weighted by Gasteiger charge is -2.53. The van der Waals surface area contributed by atoms with E-state index in [0.717, 1.165) is 23.7 Å². The summed E-state index contributed by atoms with van der Waals surface area (Å²) in [7, 11) is 0. The normalized spacial score (nSPS) is 35.2. The van der Waals surface area contributed by atoms with Crippen LogP contribution < -0.4 is 0 Å². The van der Waals surface area contributed by atoms with Gasteiger partial charge in [0.25, 0.3) is 0 Å². The maximum atomic E-state index is 2.35. The Balaban J connectivity index is 0.933. The van der Waals surface area contributed by atoms with E-state index in [-0.39, 0.29) is 0 Å². The van der Waals surface area contributed by atoms with Crippen LogP contribution in [0.25, 0.3) is 0 Å². The minimum absolute atomic E-state index is 0.927. The first kappa shape index (κ1) is 24.7. The van der Waals surface area contributed by atoms with Gasteiger partial charge in [0, 0.05) is 37.5 Å². The third-order valence-electron chi connectivity index (χ3n) is 11.2. The minimum Gasteiger partial charge on any atom is -0.323 e. The molecule has 6 fully saturated rings. The Hall–Kier alpha value is -1.64. The van der Waals surface area contributed by atoms with Gasteiger partial charge >= 0.3 is 0 Å². The number of fused-ring (bicyclic) bond motifs is 6. The summed E-state index contributed by atoms with van der Waals surface area (Å²) in [4.78, 5) is 0. The van der Waals surface area contributed by atoms with Crippen LogP contribution in [0.15, 0.2) is 60.7 Å². The Morgan fingerprint density at radius 2 is 0.889 bits per heavy atom. The third-order valence-corrected chi connectivity index (χ3v) is 11.2. The molecule has 2 aromatic rings. The van der Waals surface area contributed by atoms with Crippen LogP contribution in [0.4, 0.5) is 0 Å². The molecule has 0 aromatic heterocycles. The van der Waals surface area contributed by atoms with Crippen molar-refractivity contribution in [2.75, 3.05) is 52.4 Å². The average Bonchev–Trinajstić information content (AvgIpc) is 2.93. The molecule has 0 amide bonds. The second-order valence-corrected chi connectivity index (χ2v) is 13.4. The lowest BCUT2D eigenvalue weighted by atomic mass is 9.74. The van der Waals surface area contributed by atoms with Crippen LogP contribution in [-0.4, -0.2) is 61.3 Å². The molecule has 36 heavy (non-hydrogen) atoms. The van der Waals surface area contributed by atoms with Crippen molar-refractivity contribution in [3.8, 4) is 0 Å². The van der Waals surface area contributed by atoms with E-state index in [4.69, 9.17) is 0 Å². The highest BCUT2D eigenvalue weighted by molar-refractivity contribution is 5.16. The second-order valence-electron chi connectivity index (χ2n) is 13.4. The number of unbranched alkanes of at least 4 members (excludes halogenated alkanes) is 3. The van der Waals surface area contributed by atoms with Crippen molar-refractivity contribution >= 4 is 0 Å². The molecule has 0 aliphatic carbocycles. The molecule has 2 aromatic carbocycles. The first-order valence-corrected chi connectivity index (χ1v) is 15.5. The van der Waals surface area contributed by atoms with Crippen LogP contribution in [-0.2, 0) is 12.8 Å². The van der Waals surface area contributed by atoms with Crippen LogP contribution in [0.2, 0.25) is 0 Å². The smallest absolute Gasteiger partial charge is 0.0821 e. The van der Waals surface area contributed by atoms with Gasteiger partial charge in [0.05, 0.1) is 52.4 Å². The highest BCUT2D eigenvalue weighted by Crippen LogP contribution is 2.41. The van der Waals surface area contributed by atoms with E-state index in [1.165, 1.54) is 126 Å². The molecular formula is C34H50N2+2. The zero-order chi connectivity index (χ0) is 24.3. The van der Waals surface area contributed by atoms with Crippen molar-refractivity contribution in [1.29, 1.82) is 0 Å². The Kier molecular flexibility index (Phi) is 7.54. The zero-order valence-corrected chi connectivity index (χ0v) is 22.7. The summed E-state index contributed by atoms with van der Waals surface area (Å²) >= 11 is 0. The molecule has 6 saturated heterocycles. The predicted octanol–water partition coefficient (Wildman–Crippen LogP) is 6.75. The summed E-state index contributed by atoms with van der Waals surface area (Å²) in [6.45, 7) is 11.7. The van der Waals surface area contributed by atoms with Gasteiger partial charge in [-0.3, -0.25) is 0 Å². The lowest BCUT2D eigenvalue weighted by Crippen LogP contribution is -2.62. The Labute approximate surface area is 220 Å². The van der Waals surface area contributed by atoms with Gasteiger partial charge in [-0.1, -0.05) is 60.7 Å². The second kappa shape index (κ2) is 11.0. The van der Waals surface area contributed by atoms with Crippen LogP contribution in [0, 0.1) is 23.7 Å². The number of rotatable bonds is 11. The van der Waals surface area contributed by atoms with E-state index in [9.17, 15) is 0 Å². The van der Waals surface area contributed by atoms with Gasteiger partial charge in [0.1, 0.15) is 0 Å². The minimum atomic E-state index is 0.927. The fourth-order valence-electron chi connectivity index (χ4n) is 9.05. The van der Waals surface area contributed by atoms with E-state index in [1.54, 1.807) is 11.1 Å². The fraction of sp³-hybridized carbons (Fsp3) is 0.647. The molecule has 0 radical (unpaired) electrons. The molecule has 6 aliphatic heterocycles. The first-order chi connectivity index (χ1) is 17.7. The van der Waals surface area contributed by atoms with E-state index in [1.807, 2.05) is 0 Å². The summed E-state index contributed by atoms with van der Waals surface area (Å²) in [5, 5.41) is 0. The van der Waals surface area contributed by atoms with Gasteiger partial charge < -0.3 is 8.97 Å². The number of nitrogens with zero attached hydrogens (tertiary/aromatic N) is 2. The lowest BCUT2D eigenvalue weighted by molar-refractivity contribution is -0.947. The first-order valence-electron chi connectivity index (χ1n) is 15.5. The molecular weight excluding hydrogens is 436 g/mol. The zero-order valence-electron chi connectivity index (χ0n) is 22.7. The van der Waals surface area contributed by atoms with Crippen molar-refractivity contribution in [2.24, 2.45) is 23.7 Å². The number of hydrogen-bond donors (Lipinski definition) is 0. The van der Waals surface area contributed by atoms with E-state index >= 15 is 0 Å². The van der Waals surface area contributed by atoms with Crippen LogP contribution >= 0.6 is 0 Å². The summed E-state index contributed by atoms with van der Waals surface area (Å²) in [5.41, 5.74) is 3.13. The predicted molar refractivity (Wildman–Crippen MR) is 151 cm³/mol. The van der Waals surface area contributed by atoms with E-state index in [2.05, 4.69) is 60.7 Å². The van der Waals surface area contributed by atoms with E-state index in [0.29, 0.717) is 0 Å². The molecule has 0 N–H and O–H groups in total. The SMILES string of the molecule is c1ccc(CC2C[N+]3(CCCCCC[N+]45CCC(CC4)C(Cc4ccccc4)C5)CCC2CC3)cc1. The number of hydrogen-bond acceptors (Lipinski definition) is 0. The monoisotopic (exact) mass is 486 g/mol. The average molecular weight is 487 g/mol. The van der Waals surface area contributed by atoms with Gasteiger partial charge in [0.15, 0.2) is 0 Å². The molecule has 6 aliphatic rings. The van der Waals surface area contributed by atoms with Gasteiger partial charge in [-0.2, -0.15) is 0 Å². The Bertz CT molecular complexity index is 858. The highest BCUT2D eigenvalue weighted by atomic mass is 15.4. The van der Waals surface area contributed by atoms with Crippen molar-refractivity contribution in [3.63, 3.8) is 0 Å². The van der Waals surface area contributed by atoms with Crippen molar-refractivity contribution < 1.29 is 8.97 Å². The number of piperidine rings is 6. The van der Waals surface area contributed by atoms with Crippen LogP contribution in [0.1, 0.15) is 62.5 Å². The van der Waals surface area contributed by atoms with Gasteiger partial charge in [-0.05, 0) is 61.5 Å². The molecule has 0 saturated carbocycles. The van der Waals surface area contributed by atoms with Crippen LogP contribution in [0.3, 0.4) is 0 Å². The summed E-state index contributed by atoms with van der Waals surface area (Å²) in [6.07, 6.45) is 14.4. The summed E-state index contributed by atoms with van der Waals surface area (Å²) in [5.74, 6) is 3.85. The molecule has 0 spiro atoms. The van der Waals surface area contributed by atoms with Gasteiger partial charge in [-0.25, -0.2) is 0 Å². The Morgan fingerprint density at radius 3 is 1.28 bits per heavy atom. The molecule has 2 heteroatoms. The van der Waals surface area contributed by atoms with Crippen molar-refractivity contribution in [1.82, 2.24) is 0 Å². The van der Waals surface area contributed by atoms with Crippen LogP contribution in [0.5, 0.6) is 0 Å². The quantitative estimate of drug-likeness (QED) is 0.244. The number of benzene rings is 2. The molecule has 2 unspecified atom stereocenters. The molecule has 6 heterocycles. The standard InChI is InChI=1S/C34H50N2/c1(9-19-35-21-15-31(16-22-35)33(27-35)25-29-11-5-3-6-12-29)2-10-20-36-23-17-32(18-24-36)34(28-36)26-30-13-7-4-8-14-30/h3-8,11-14,31-34H,1-2,9-10,15-28H2/q+2. The molecule has 2 atom stereocenters. The number of quaternary nitrogens is 2. The topological polar surface area (TPSA) is 0 Å². The largest absolute Gasteiger partial charge is 0.323 e. The summed E-state index contributed by atoms with van der Waals surface area (Å²) < 4.78 is 2.91. The maximum absolute atomic E-state index is 2.35. The molecule has 4 bridgehead atoms. The van der Waals surface area contributed by atoms with Gasteiger partial charge in [-0.15, -0.1) is 0 Å².